The summed E-state index contributed by atoms with van der Waals surface area (Å²) in [7, 11) is 0. The van der Waals surface area contributed by atoms with Crippen LogP contribution in [0, 0.1) is 0 Å². The van der Waals surface area contributed by atoms with Crippen LogP contribution in [0.2, 0.25) is 0 Å². The van der Waals surface area contributed by atoms with Crippen molar-refractivity contribution in [2.24, 2.45) is 0 Å². The van der Waals surface area contributed by atoms with Crippen LogP contribution in [-0.2, 0) is 0 Å². The van der Waals surface area contributed by atoms with Crippen LogP contribution in [0.15, 0.2) is 18.7 Å². The lowest BCUT2D eigenvalue weighted by molar-refractivity contribution is 0.295. The zero-order chi connectivity index (χ0) is 6.95. The highest BCUT2D eigenvalue weighted by Crippen LogP contribution is 1.62. The summed E-state index contributed by atoms with van der Waals surface area (Å²) in [5, 5.41) is 7.88. The second-order valence-corrected chi connectivity index (χ2v) is 1.48. The quantitative estimate of drug-likeness (QED) is 0.587. The second kappa shape index (κ2) is 7.17. The molecule has 0 aliphatic heterocycles. The molecule has 0 aliphatic rings. The van der Waals surface area contributed by atoms with Crippen molar-refractivity contribution in [1.29, 1.82) is 0 Å². The lowest BCUT2D eigenvalue weighted by Crippen LogP contribution is -1.69. The van der Waals surface area contributed by atoms with E-state index in [0.29, 0.717) is 6.61 Å². The average Bonchev–Trinajstić information content (AvgIpc) is 2.43. The monoisotopic (exact) mass is 128 g/mol. The summed E-state index contributed by atoms with van der Waals surface area (Å²) in [6.07, 6.45) is 5.96. The van der Waals surface area contributed by atoms with E-state index in [1.54, 1.807) is 18.7 Å². The molecule has 1 rings (SSSR count). The Bertz CT molecular complexity index is 86.6. The molecule has 0 fully saturated rings. The first-order valence-corrected chi connectivity index (χ1v) is 2.95. The van der Waals surface area contributed by atoms with Crippen LogP contribution in [0.3, 0.4) is 0 Å². The highest BCUT2D eigenvalue weighted by Gasteiger charge is 1.57. The van der Waals surface area contributed by atoms with E-state index in [1.807, 2.05) is 6.92 Å². The SMILES string of the molecule is CCCO.c1c[nH]cn1. The molecule has 0 atom stereocenters. The Balaban J connectivity index is 0.000000148. The molecule has 0 aliphatic carbocycles. The van der Waals surface area contributed by atoms with Gasteiger partial charge < -0.3 is 10.1 Å². The normalized spacial score (nSPS) is 7.78. The van der Waals surface area contributed by atoms with Gasteiger partial charge in [-0.3, -0.25) is 0 Å². The van der Waals surface area contributed by atoms with E-state index in [0.717, 1.165) is 6.42 Å². The van der Waals surface area contributed by atoms with Crippen LogP contribution in [0.1, 0.15) is 13.3 Å². The minimum Gasteiger partial charge on any atom is -0.396 e. The predicted molar refractivity (Wildman–Crippen MR) is 36.0 cm³/mol. The molecule has 0 spiro atoms. The molecule has 1 aromatic rings. The fourth-order valence-electron chi connectivity index (χ4n) is 0.215. The van der Waals surface area contributed by atoms with E-state index in [2.05, 4.69) is 9.97 Å². The van der Waals surface area contributed by atoms with E-state index < -0.39 is 0 Å². The zero-order valence-electron chi connectivity index (χ0n) is 5.54. The van der Waals surface area contributed by atoms with Crippen molar-refractivity contribution in [3.63, 3.8) is 0 Å². The number of nitrogens with one attached hydrogen (secondary N) is 1. The molecule has 0 saturated heterocycles. The van der Waals surface area contributed by atoms with Gasteiger partial charge in [-0.2, -0.15) is 0 Å². The molecule has 1 heterocycles. The zero-order valence-corrected chi connectivity index (χ0v) is 5.54. The molecule has 2 N–H and O–H groups in total. The molecule has 9 heavy (non-hydrogen) atoms. The van der Waals surface area contributed by atoms with Gasteiger partial charge in [0, 0.05) is 19.0 Å². The van der Waals surface area contributed by atoms with Gasteiger partial charge in [0.25, 0.3) is 0 Å². The van der Waals surface area contributed by atoms with Crippen molar-refractivity contribution in [2.75, 3.05) is 6.61 Å². The average molecular weight is 128 g/mol. The first-order valence-electron chi connectivity index (χ1n) is 2.95. The third kappa shape index (κ3) is 7.17. The number of aromatic nitrogens is 2. The van der Waals surface area contributed by atoms with E-state index >= 15 is 0 Å². The summed E-state index contributed by atoms with van der Waals surface area (Å²) in [4.78, 5) is 6.42. The highest BCUT2D eigenvalue weighted by atomic mass is 16.2. The molecule has 0 radical (unpaired) electrons. The van der Waals surface area contributed by atoms with E-state index in [4.69, 9.17) is 5.11 Å². The second-order valence-electron chi connectivity index (χ2n) is 1.48. The van der Waals surface area contributed by atoms with Crippen molar-refractivity contribution >= 4 is 0 Å². The number of rotatable bonds is 1. The standard InChI is InChI=1S/C3H4N2.C3H8O/c1-2-5-3-4-1;1-2-3-4/h1-3H,(H,4,5);4H,2-3H2,1H3. The van der Waals surface area contributed by atoms with Gasteiger partial charge in [-0.05, 0) is 6.42 Å². The number of H-pyrrole nitrogens is 1. The predicted octanol–water partition coefficient (Wildman–Crippen LogP) is 0.798. The molecule has 0 saturated carbocycles. The van der Waals surface area contributed by atoms with Gasteiger partial charge in [0.1, 0.15) is 0 Å². The Kier molecular flexibility index (Phi) is 6.51. The van der Waals surface area contributed by atoms with Crippen LogP contribution in [0.25, 0.3) is 0 Å². The Labute approximate surface area is 54.8 Å². The Morgan fingerprint density at radius 1 is 1.67 bits per heavy atom. The van der Waals surface area contributed by atoms with Crippen molar-refractivity contribution in [1.82, 2.24) is 9.97 Å². The third-order valence-corrected chi connectivity index (χ3v) is 0.630. The van der Waals surface area contributed by atoms with E-state index in [1.165, 1.54) is 0 Å². The molecule has 0 bridgehead atoms. The molecule has 0 amide bonds. The summed E-state index contributed by atoms with van der Waals surface area (Å²) in [6.45, 7) is 2.25. The first kappa shape index (κ1) is 8.17. The molecule has 0 unspecified atom stereocenters. The van der Waals surface area contributed by atoms with Crippen LogP contribution >= 0.6 is 0 Å². The third-order valence-electron chi connectivity index (χ3n) is 0.630. The van der Waals surface area contributed by atoms with Crippen LogP contribution < -0.4 is 0 Å². The number of hydrogen-bond donors (Lipinski definition) is 2. The van der Waals surface area contributed by atoms with Gasteiger partial charge in [-0.15, -0.1) is 0 Å². The largest absolute Gasteiger partial charge is 0.396 e. The van der Waals surface area contributed by atoms with Crippen LogP contribution in [0.5, 0.6) is 0 Å². The van der Waals surface area contributed by atoms with Gasteiger partial charge in [0.05, 0.1) is 6.33 Å². The van der Waals surface area contributed by atoms with Crippen molar-refractivity contribution < 1.29 is 5.11 Å². The maximum Gasteiger partial charge on any atom is 0.0919 e. The first-order chi connectivity index (χ1) is 4.41. The van der Waals surface area contributed by atoms with Crippen molar-refractivity contribution in [3.05, 3.63) is 18.7 Å². The van der Waals surface area contributed by atoms with Gasteiger partial charge in [-0.25, -0.2) is 4.98 Å². The van der Waals surface area contributed by atoms with Gasteiger partial charge >= 0.3 is 0 Å². The molecular formula is C6H12N2O. The summed E-state index contributed by atoms with van der Waals surface area (Å²) in [5.41, 5.74) is 0. The molecule has 52 valence electrons. The number of aliphatic hydroxyl groups excluding tert-OH is 1. The minimum atomic E-state index is 0.319. The topological polar surface area (TPSA) is 48.9 Å². The fourth-order valence-corrected chi connectivity index (χ4v) is 0.215. The maximum atomic E-state index is 7.88. The Hall–Kier alpha value is -0.830. The molecular weight excluding hydrogens is 116 g/mol. The van der Waals surface area contributed by atoms with E-state index in [9.17, 15) is 0 Å². The number of hydrogen-bond acceptors (Lipinski definition) is 2. The number of nitrogens with zero attached hydrogens (tertiary/aromatic N) is 1. The molecule has 0 aromatic carbocycles. The molecule has 1 aromatic heterocycles. The number of aromatic amines is 1. The highest BCUT2D eigenvalue weighted by molar-refractivity contribution is 4.64. The number of aliphatic hydroxyl groups is 1. The van der Waals surface area contributed by atoms with Gasteiger partial charge in [0.2, 0.25) is 0 Å². The van der Waals surface area contributed by atoms with Crippen LogP contribution in [-0.4, -0.2) is 21.7 Å². The Morgan fingerprint density at radius 3 is 2.44 bits per heavy atom. The summed E-state index contributed by atoms with van der Waals surface area (Å²) < 4.78 is 0. The fraction of sp³-hybridized carbons (Fsp3) is 0.500. The van der Waals surface area contributed by atoms with Gasteiger partial charge in [-0.1, -0.05) is 6.92 Å². The molecule has 3 heteroatoms. The van der Waals surface area contributed by atoms with E-state index in [-0.39, 0.29) is 0 Å². The summed E-state index contributed by atoms with van der Waals surface area (Å²) in [5.74, 6) is 0. The lowest BCUT2D eigenvalue weighted by Gasteiger charge is -1.69. The van der Waals surface area contributed by atoms with Crippen molar-refractivity contribution in [2.45, 2.75) is 13.3 Å². The summed E-state index contributed by atoms with van der Waals surface area (Å²) in [6, 6.07) is 0. The molecule has 3 nitrogen and oxygen atoms in total. The summed E-state index contributed by atoms with van der Waals surface area (Å²) >= 11 is 0. The smallest absolute Gasteiger partial charge is 0.0919 e. The maximum absolute atomic E-state index is 7.88. The van der Waals surface area contributed by atoms with Crippen molar-refractivity contribution in [3.8, 4) is 0 Å². The van der Waals surface area contributed by atoms with Gasteiger partial charge in [0.15, 0.2) is 0 Å². The number of imidazole rings is 1. The minimum absolute atomic E-state index is 0.319. The lowest BCUT2D eigenvalue weighted by atomic mass is 10.5. The van der Waals surface area contributed by atoms with Crippen LogP contribution in [0.4, 0.5) is 0 Å². The Morgan fingerprint density at radius 2 is 2.33 bits per heavy atom.